The number of thiophene rings is 1. The van der Waals surface area contributed by atoms with E-state index in [4.69, 9.17) is 4.74 Å². The smallest absolute Gasteiger partial charge is 0.300 e. The maximum absolute atomic E-state index is 13.3. The number of aliphatic hydroxyl groups excluding tert-OH is 1. The Hall–Kier alpha value is -3.58. The molecule has 6 nitrogen and oxygen atoms in total. The SMILES string of the molecule is Cc1cc(/C(O)=C2/C(=O)C(=O)N(c3ccccc3O)C2c2sccc2C)ccc1OCC(C)C. The third-order valence-electron chi connectivity index (χ3n) is 5.76. The Morgan fingerprint density at radius 2 is 1.82 bits per heavy atom. The molecular formula is C27H27NO5S. The summed E-state index contributed by atoms with van der Waals surface area (Å²) in [4.78, 5) is 28.5. The van der Waals surface area contributed by atoms with Gasteiger partial charge in [-0.15, -0.1) is 11.3 Å². The molecule has 1 aromatic heterocycles. The van der Waals surface area contributed by atoms with Crippen molar-refractivity contribution >= 4 is 34.5 Å². The second-order valence-corrected chi connectivity index (χ2v) is 9.76. The van der Waals surface area contributed by atoms with Crippen LogP contribution in [0.1, 0.15) is 41.5 Å². The Morgan fingerprint density at radius 3 is 2.44 bits per heavy atom. The first-order valence-corrected chi connectivity index (χ1v) is 12.0. The summed E-state index contributed by atoms with van der Waals surface area (Å²) in [5.41, 5.74) is 2.33. The highest BCUT2D eigenvalue weighted by Crippen LogP contribution is 2.46. The Balaban J connectivity index is 1.86. The third-order valence-corrected chi connectivity index (χ3v) is 6.83. The Morgan fingerprint density at radius 1 is 1.09 bits per heavy atom. The van der Waals surface area contributed by atoms with E-state index >= 15 is 0 Å². The van der Waals surface area contributed by atoms with E-state index in [1.165, 1.54) is 22.3 Å². The minimum absolute atomic E-state index is 0.00551. The number of amides is 1. The quantitative estimate of drug-likeness (QED) is 0.269. The number of aliphatic hydroxyl groups is 1. The lowest BCUT2D eigenvalue weighted by Crippen LogP contribution is -2.29. The van der Waals surface area contributed by atoms with E-state index in [0.29, 0.717) is 23.8 Å². The number of rotatable bonds is 6. The van der Waals surface area contributed by atoms with Crippen molar-refractivity contribution < 1.29 is 24.5 Å². The summed E-state index contributed by atoms with van der Waals surface area (Å²) in [6.07, 6.45) is 0. The fourth-order valence-electron chi connectivity index (χ4n) is 4.03. The van der Waals surface area contributed by atoms with Gasteiger partial charge in [-0.1, -0.05) is 26.0 Å². The number of nitrogens with zero attached hydrogens (tertiary/aromatic N) is 1. The zero-order valence-corrected chi connectivity index (χ0v) is 20.3. The molecule has 0 spiro atoms. The van der Waals surface area contributed by atoms with E-state index in [0.717, 1.165) is 16.0 Å². The van der Waals surface area contributed by atoms with Gasteiger partial charge in [0.15, 0.2) is 0 Å². The summed E-state index contributed by atoms with van der Waals surface area (Å²) in [7, 11) is 0. The maximum Gasteiger partial charge on any atom is 0.300 e. The first-order valence-electron chi connectivity index (χ1n) is 11.1. The van der Waals surface area contributed by atoms with Crippen LogP contribution in [0.3, 0.4) is 0 Å². The van der Waals surface area contributed by atoms with Crippen LogP contribution in [0.15, 0.2) is 59.5 Å². The lowest BCUT2D eigenvalue weighted by molar-refractivity contribution is -0.132. The van der Waals surface area contributed by atoms with Gasteiger partial charge in [0.25, 0.3) is 11.7 Å². The first-order chi connectivity index (χ1) is 16.2. The normalized spacial score (nSPS) is 17.6. The van der Waals surface area contributed by atoms with Crippen molar-refractivity contribution in [3.8, 4) is 11.5 Å². The van der Waals surface area contributed by atoms with Gasteiger partial charge in [0.2, 0.25) is 0 Å². The van der Waals surface area contributed by atoms with Gasteiger partial charge < -0.3 is 14.9 Å². The molecule has 3 aromatic rings. The second kappa shape index (κ2) is 9.35. The van der Waals surface area contributed by atoms with Crippen LogP contribution in [0.5, 0.6) is 11.5 Å². The molecule has 0 radical (unpaired) electrons. The third kappa shape index (κ3) is 4.19. The van der Waals surface area contributed by atoms with Crippen molar-refractivity contribution in [2.75, 3.05) is 11.5 Å². The molecule has 1 aliphatic heterocycles. The molecule has 1 amide bonds. The number of para-hydroxylation sites is 2. The molecule has 2 aromatic carbocycles. The first kappa shape index (κ1) is 23.6. The molecule has 1 aliphatic rings. The lowest BCUT2D eigenvalue weighted by atomic mass is 9.97. The van der Waals surface area contributed by atoms with Gasteiger partial charge in [0.1, 0.15) is 23.3 Å². The number of ether oxygens (including phenoxy) is 1. The van der Waals surface area contributed by atoms with Crippen molar-refractivity contribution in [1.29, 1.82) is 0 Å². The standard InChI is InChI=1S/C27H27NO5S/c1-15(2)14-33-21-10-9-18(13-17(21)4)24(30)22-23(26-16(3)11-12-34-26)28(27(32)25(22)31)19-7-5-6-8-20(19)29/h5-13,15,23,29-30H,14H2,1-4H3/b24-22-. The van der Waals surface area contributed by atoms with Crippen molar-refractivity contribution in [1.82, 2.24) is 0 Å². The van der Waals surface area contributed by atoms with Crippen LogP contribution >= 0.6 is 11.3 Å². The average molecular weight is 478 g/mol. The number of carbonyl (C=O) groups is 2. The molecular weight excluding hydrogens is 450 g/mol. The van der Waals surface area contributed by atoms with Crippen molar-refractivity contribution in [2.24, 2.45) is 5.92 Å². The number of carbonyl (C=O) groups excluding carboxylic acids is 2. The van der Waals surface area contributed by atoms with E-state index in [-0.39, 0.29) is 22.8 Å². The van der Waals surface area contributed by atoms with Gasteiger partial charge in [-0.25, -0.2) is 0 Å². The Labute approximate surface area is 202 Å². The van der Waals surface area contributed by atoms with Crippen LogP contribution in [0.4, 0.5) is 5.69 Å². The number of anilines is 1. The van der Waals surface area contributed by atoms with Crippen LogP contribution in [-0.2, 0) is 9.59 Å². The number of ketones is 1. The summed E-state index contributed by atoms with van der Waals surface area (Å²) in [6.45, 7) is 8.45. The van der Waals surface area contributed by atoms with Crippen molar-refractivity contribution in [2.45, 2.75) is 33.7 Å². The molecule has 34 heavy (non-hydrogen) atoms. The lowest BCUT2D eigenvalue weighted by Gasteiger charge is -2.25. The monoisotopic (exact) mass is 477 g/mol. The highest BCUT2D eigenvalue weighted by molar-refractivity contribution is 7.10. The number of hydrogen-bond donors (Lipinski definition) is 2. The molecule has 1 atom stereocenters. The van der Waals surface area contributed by atoms with E-state index in [1.54, 1.807) is 36.4 Å². The van der Waals surface area contributed by atoms with Gasteiger partial charge in [-0.3, -0.25) is 14.5 Å². The number of hydrogen-bond acceptors (Lipinski definition) is 6. The highest BCUT2D eigenvalue weighted by atomic mass is 32.1. The molecule has 1 saturated heterocycles. The second-order valence-electron chi connectivity index (χ2n) is 8.81. The summed E-state index contributed by atoms with van der Waals surface area (Å²) in [5.74, 6) is -0.901. The van der Waals surface area contributed by atoms with E-state index < -0.39 is 17.7 Å². The molecule has 2 N–H and O–H groups in total. The van der Waals surface area contributed by atoms with Gasteiger partial charge in [-0.2, -0.15) is 0 Å². The molecule has 176 valence electrons. The largest absolute Gasteiger partial charge is 0.507 e. The minimum atomic E-state index is -0.856. The summed E-state index contributed by atoms with van der Waals surface area (Å²) in [6, 6.07) is 12.6. The zero-order valence-electron chi connectivity index (χ0n) is 19.5. The molecule has 0 aliphatic carbocycles. The molecule has 0 saturated carbocycles. The number of benzene rings is 2. The molecule has 1 fully saturated rings. The van der Waals surface area contributed by atoms with E-state index in [2.05, 4.69) is 13.8 Å². The predicted octanol–water partition coefficient (Wildman–Crippen LogP) is 5.73. The van der Waals surface area contributed by atoms with E-state index in [1.807, 2.05) is 25.3 Å². The number of phenolic OH excluding ortho intramolecular Hbond substituents is 1. The average Bonchev–Trinajstić information content (AvgIpc) is 3.33. The van der Waals surface area contributed by atoms with Crippen molar-refractivity contribution in [3.05, 3.63) is 81.1 Å². The predicted molar refractivity (Wildman–Crippen MR) is 133 cm³/mol. The number of aryl methyl sites for hydroxylation is 2. The van der Waals surface area contributed by atoms with Crippen LogP contribution < -0.4 is 9.64 Å². The number of phenols is 1. The van der Waals surface area contributed by atoms with Gasteiger partial charge in [-0.05, 0) is 72.7 Å². The molecule has 2 heterocycles. The van der Waals surface area contributed by atoms with Gasteiger partial charge in [0.05, 0.1) is 17.9 Å². The van der Waals surface area contributed by atoms with Crippen molar-refractivity contribution in [3.63, 3.8) is 0 Å². The molecule has 0 bridgehead atoms. The van der Waals surface area contributed by atoms with Gasteiger partial charge in [0, 0.05) is 10.4 Å². The Bertz CT molecular complexity index is 1290. The summed E-state index contributed by atoms with van der Waals surface area (Å²) in [5, 5.41) is 23.7. The summed E-state index contributed by atoms with van der Waals surface area (Å²) < 4.78 is 5.83. The van der Waals surface area contributed by atoms with E-state index in [9.17, 15) is 19.8 Å². The topological polar surface area (TPSA) is 87.1 Å². The fraction of sp³-hybridized carbons (Fsp3) is 0.259. The minimum Gasteiger partial charge on any atom is -0.507 e. The molecule has 4 rings (SSSR count). The molecule has 1 unspecified atom stereocenters. The highest BCUT2D eigenvalue weighted by Gasteiger charge is 2.48. The summed E-state index contributed by atoms with van der Waals surface area (Å²) >= 11 is 1.39. The van der Waals surface area contributed by atoms with Crippen LogP contribution in [0, 0.1) is 19.8 Å². The maximum atomic E-state index is 13.3. The molecule has 7 heteroatoms. The van der Waals surface area contributed by atoms with Crippen LogP contribution in [-0.4, -0.2) is 28.5 Å². The number of Topliss-reactive ketones (excluding diaryl/α,β-unsaturated/α-hetero) is 1. The zero-order chi connectivity index (χ0) is 24.6. The Kier molecular flexibility index (Phi) is 6.48. The number of aromatic hydroxyl groups is 1. The fourth-order valence-corrected chi connectivity index (χ4v) is 5.06. The van der Waals surface area contributed by atoms with Crippen LogP contribution in [0.25, 0.3) is 5.76 Å². The van der Waals surface area contributed by atoms with Gasteiger partial charge >= 0.3 is 0 Å². The van der Waals surface area contributed by atoms with Crippen LogP contribution in [0.2, 0.25) is 0 Å².